The van der Waals surface area contributed by atoms with Crippen molar-refractivity contribution < 1.29 is 18.7 Å². The zero-order chi connectivity index (χ0) is 21.8. The first-order valence-corrected chi connectivity index (χ1v) is 9.99. The minimum atomic E-state index is -0.567. The van der Waals surface area contributed by atoms with E-state index in [0.717, 1.165) is 16.7 Å². The van der Waals surface area contributed by atoms with Crippen LogP contribution in [0.4, 0.5) is 0 Å². The minimum absolute atomic E-state index is 0.00128. The van der Waals surface area contributed by atoms with Crippen molar-refractivity contribution in [2.24, 2.45) is 0 Å². The summed E-state index contributed by atoms with van der Waals surface area (Å²) in [6, 6.07) is 22.2. The molecule has 0 radical (unpaired) electrons. The van der Waals surface area contributed by atoms with E-state index in [9.17, 15) is 9.59 Å². The Morgan fingerprint density at radius 2 is 1.55 bits per heavy atom. The van der Waals surface area contributed by atoms with Crippen LogP contribution in [0.3, 0.4) is 0 Å². The summed E-state index contributed by atoms with van der Waals surface area (Å²) in [6.45, 7) is 3.64. The van der Waals surface area contributed by atoms with Gasteiger partial charge in [0.15, 0.2) is 12.4 Å². The normalized spacial score (nSPS) is 10.8. The molecule has 0 aliphatic carbocycles. The average molecular weight is 414 g/mol. The van der Waals surface area contributed by atoms with Crippen LogP contribution in [-0.2, 0) is 16.1 Å². The summed E-state index contributed by atoms with van der Waals surface area (Å²) in [5, 5.41) is 0.412. The summed E-state index contributed by atoms with van der Waals surface area (Å²) in [6.07, 6.45) is 0. The zero-order valence-corrected chi connectivity index (χ0v) is 17.4. The van der Waals surface area contributed by atoms with Gasteiger partial charge in [-0.15, -0.1) is 0 Å². The molecule has 0 spiro atoms. The molecule has 156 valence electrons. The third-order valence-corrected chi connectivity index (χ3v) is 5.08. The Labute approximate surface area is 179 Å². The maximum Gasteiger partial charge on any atom is 0.344 e. The summed E-state index contributed by atoms with van der Waals surface area (Å²) in [7, 11) is 0. The molecule has 4 rings (SSSR count). The lowest BCUT2D eigenvalue weighted by molar-refractivity contribution is -0.147. The molecule has 5 heteroatoms. The molecular weight excluding hydrogens is 392 g/mol. The van der Waals surface area contributed by atoms with Gasteiger partial charge in [-0.05, 0) is 42.7 Å². The van der Waals surface area contributed by atoms with Gasteiger partial charge in [0, 0.05) is 5.56 Å². The number of rotatable bonds is 6. The number of carbonyl (C=O) groups is 1. The maximum absolute atomic E-state index is 13.2. The SMILES string of the molecule is Cc1cc2oc(-c3ccccc3)c(OCC(=O)OCc3ccccc3)c(=O)c2cc1C. The fourth-order valence-electron chi connectivity index (χ4n) is 3.25. The Bertz CT molecular complexity index is 1270. The van der Waals surface area contributed by atoms with E-state index in [0.29, 0.717) is 16.5 Å². The van der Waals surface area contributed by atoms with Crippen molar-refractivity contribution in [2.45, 2.75) is 20.5 Å². The van der Waals surface area contributed by atoms with Crippen molar-refractivity contribution >= 4 is 16.9 Å². The second-order valence-electron chi connectivity index (χ2n) is 7.32. The molecule has 0 atom stereocenters. The molecule has 0 N–H and O–H groups in total. The van der Waals surface area contributed by atoms with Crippen molar-refractivity contribution in [3.05, 3.63) is 99.7 Å². The van der Waals surface area contributed by atoms with Gasteiger partial charge >= 0.3 is 5.97 Å². The van der Waals surface area contributed by atoms with Gasteiger partial charge in [0.1, 0.15) is 12.2 Å². The third-order valence-electron chi connectivity index (χ3n) is 5.08. The van der Waals surface area contributed by atoms with Crippen molar-refractivity contribution in [2.75, 3.05) is 6.61 Å². The van der Waals surface area contributed by atoms with Crippen molar-refractivity contribution in [1.82, 2.24) is 0 Å². The van der Waals surface area contributed by atoms with E-state index in [1.165, 1.54) is 0 Å². The summed E-state index contributed by atoms with van der Waals surface area (Å²) in [5.41, 5.74) is 3.71. The topological polar surface area (TPSA) is 65.7 Å². The molecule has 0 aliphatic rings. The quantitative estimate of drug-likeness (QED) is 0.406. The molecule has 3 aromatic carbocycles. The van der Waals surface area contributed by atoms with Crippen LogP contribution in [0.2, 0.25) is 0 Å². The summed E-state index contributed by atoms with van der Waals surface area (Å²) in [4.78, 5) is 25.5. The molecule has 4 aromatic rings. The first-order chi connectivity index (χ1) is 15.0. The van der Waals surface area contributed by atoms with Gasteiger partial charge in [-0.2, -0.15) is 0 Å². The van der Waals surface area contributed by atoms with Crippen molar-refractivity contribution in [3.8, 4) is 17.1 Å². The summed E-state index contributed by atoms with van der Waals surface area (Å²) < 4.78 is 17.0. The number of esters is 1. The molecule has 0 saturated carbocycles. The highest BCUT2D eigenvalue weighted by atomic mass is 16.6. The van der Waals surface area contributed by atoms with E-state index < -0.39 is 12.6 Å². The number of ether oxygens (including phenoxy) is 2. The van der Waals surface area contributed by atoms with Crippen LogP contribution in [0, 0.1) is 13.8 Å². The Balaban J connectivity index is 1.65. The molecular formula is C26H22O5. The molecule has 0 aliphatic heterocycles. The lowest BCUT2D eigenvalue weighted by atomic mass is 10.0. The second-order valence-corrected chi connectivity index (χ2v) is 7.32. The zero-order valence-electron chi connectivity index (χ0n) is 17.4. The summed E-state index contributed by atoms with van der Waals surface area (Å²) >= 11 is 0. The molecule has 0 saturated heterocycles. The predicted molar refractivity (Wildman–Crippen MR) is 119 cm³/mol. The van der Waals surface area contributed by atoms with Gasteiger partial charge in [0.2, 0.25) is 11.2 Å². The van der Waals surface area contributed by atoms with E-state index in [4.69, 9.17) is 13.9 Å². The van der Waals surface area contributed by atoms with E-state index in [2.05, 4.69) is 0 Å². The van der Waals surface area contributed by atoms with Gasteiger partial charge in [0.25, 0.3) is 0 Å². The van der Waals surface area contributed by atoms with Gasteiger partial charge < -0.3 is 13.9 Å². The van der Waals surface area contributed by atoms with Crippen LogP contribution in [0.15, 0.2) is 82.0 Å². The van der Waals surface area contributed by atoms with Gasteiger partial charge in [-0.1, -0.05) is 60.7 Å². The molecule has 31 heavy (non-hydrogen) atoms. The monoisotopic (exact) mass is 414 g/mol. The Morgan fingerprint density at radius 3 is 2.26 bits per heavy atom. The lowest BCUT2D eigenvalue weighted by Crippen LogP contribution is -2.19. The number of aryl methyl sites for hydroxylation is 2. The van der Waals surface area contributed by atoms with Crippen LogP contribution >= 0.6 is 0 Å². The highest BCUT2D eigenvalue weighted by Crippen LogP contribution is 2.31. The Kier molecular flexibility index (Phi) is 5.85. The molecule has 1 aromatic heterocycles. The van der Waals surface area contributed by atoms with Crippen molar-refractivity contribution in [3.63, 3.8) is 0 Å². The van der Waals surface area contributed by atoms with Gasteiger partial charge in [-0.3, -0.25) is 4.79 Å². The number of hydrogen-bond acceptors (Lipinski definition) is 5. The largest absolute Gasteiger partial charge is 0.474 e. The molecule has 0 unspecified atom stereocenters. The number of carbonyl (C=O) groups excluding carboxylic acids is 1. The van der Waals surface area contributed by atoms with E-state index in [1.54, 1.807) is 6.07 Å². The van der Waals surface area contributed by atoms with E-state index in [-0.39, 0.29) is 23.5 Å². The average Bonchev–Trinajstić information content (AvgIpc) is 2.79. The number of hydrogen-bond donors (Lipinski definition) is 0. The lowest BCUT2D eigenvalue weighted by Gasteiger charge is -2.12. The van der Waals surface area contributed by atoms with Gasteiger partial charge in [-0.25, -0.2) is 4.79 Å². The molecule has 1 heterocycles. The Morgan fingerprint density at radius 1 is 0.903 bits per heavy atom. The van der Waals surface area contributed by atoms with Crippen LogP contribution in [0.25, 0.3) is 22.3 Å². The molecule has 5 nitrogen and oxygen atoms in total. The summed E-state index contributed by atoms with van der Waals surface area (Å²) in [5.74, 6) is -0.279. The maximum atomic E-state index is 13.2. The standard InChI is InChI=1S/C26H22O5/c1-17-13-21-22(14-18(17)2)31-25(20-11-7-4-8-12-20)26(24(21)28)30-16-23(27)29-15-19-9-5-3-6-10-19/h3-14H,15-16H2,1-2H3. The highest BCUT2D eigenvalue weighted by molar-refractivity contribution is 5.83. The first kappa shape index (κ1) is 20.4. The van der Waals surface area contributed by atoms with Crippen molar-refractivity contribution in [1.29, 1.82) is 0 Å². The number of fused-ring (bicyclic) bond motifs is 1. The minimum Gasteiger partial charge on any atom is -0.474 e. The molecule has 0 bridgehead atoms. The van der Waals surface area contributed by atoms with E-state index >= 15 is 0 Å². The fourth-order valence-corrected chi connectivity index (χ4v) is 3.25. The smallest absolute Gasteiger partial charge is 0.344 e. The van der Waals surface area contributed by atoms with Crippen LogP contribution in [0.5, 0.6) is 5.75 Å². The Hall–Kier alpha value is -3.86. The first-order valence-electron chi connectivity index (χ1n) is 9.99. The second kappa shape index (κ2) is 8.88. The van der Waals surface area contributed by atoms with Crippen LogP contribution < -0.4 is 10.2 Å². The number of benzene rings is 3. The van der Waals surface area contributed by atoms with Crippen LogP contribution in [-0.4, -0.2) is 12.6 Å². The van der Waals surface area contributed by atoms with Gasteiger partial charge in [0.05, 0.1) is 5.39 Å². The predicted octanol–water partition coefficient (Wildman–Crippen LogP) is 5.20. The molecule has 0 fully saturated rings. The van der Waals surface area contributed by atoms with Crippen LogP contribution in [0.1, 0.15) is 16.7 Å². The third kappa shape index (κ3) is 4.51. The molecule has 0 amide bonds. The van der Waals surface area contributed by atoms with E-state index in [1.807, 2.05) is 80.6 Å². The fraction of sp³-hybridized carbons (Fsp3) is 0.154. The highest BCUT2D eigenvalue weighted by Gasteiger charge is 2.19.